The molecule has 0 aliphatic carbocycles. The minimum atomic E-state index is 0. The Hall–Kier alpha value is -1.29. The fourth-order valence-corrected chi connectivity index (χ4v) is 1.30. The number of hydrogen-bond donors (Lipinski definition) is 1. The second kappa shape index (κ2) is 3.22. The molecule has 0 spiro atoms. The van der Waals surface area contributed by atoms with Gasteiger partial charge < -0.3 is 5.73 Å². The van der Waals surface area contributed by atoms with Gasteiger partial charge >= 0.3 is 0 Å². The lowest BCUT2D eigenvalue weighted by molar-refractivity contribution is 0.890. The maximum atomic E-state index is 5.54. The SMILES string of the molecule is Cc1cc(C)n2nc(N)cc2n1.Cl. The van der Waals surface area contributed by atoms with Crippen LogP contribution in [-0.2, 0) is 0 Å². The van der Waals surface area contributed by atoms with E-state index in [1.165, 1.54) is 0 Å². The fourth-order valence-electron chi connectivity index (χ4n) is 1.30. The van der Waals surface area contributed by atoms with E-state index in [4.69, 9.17) is 5.73 Å². The highest BCUT2D eigenvalue weighted by molar-refractivity contribution is 5.85. The van der Waals surface area contributed by atoms with Crippen molar-refractivity contribution in [1.29, 1.82) is 0 Å². The van der Waals surface area contributed by atoms with E-state index in [9.17, 15) is 0 Å². The van der Waals surface area contributed by atoms with Gasteiger partial charge in [0.2, 0.25) is 0 Å². The van der Waals surface area contributed by atoms with Crippen molar-refractivity contribution in [1.82, 2.24) is 14.6 Å². The number of aryl methyl sites for hydroxylation is 2. The molecule has 0 fully saturated rings. The Morgan fingerprint density at radius 2 is 2.00 bits per heavy atom. The van der Waals surface area contributed by atoms with E-state index in [-0.39, 0.29) is 12.4 Å². The standard InChI is InChI=1S/C8H10N4.ClH/c1-5-3-6(2)12-8(10-5)4-7(9)11-12;/h3-4H,1-2H3,(H2,9,11);1H. The van der Waals surface area contributed by atoms with Crippen LogP contribution >= 0.6 is 12.4 Å². The van der Waals surface area contributed by atoms with Gasteiger partial charge in [-0.3, -0.25) is 0 Å². The second-order valence-corrected chi connectivity index (χ2v) is 2.88. The zero-order valence-corrected chi connectivity index (χ0v) is 8.30. The lowest BCUT2D eigenvalue weighted by atomic mass is 10.3. The van der Waals surface area contributed by atoms with Crippen LogP contribution in [0.1, 0.15) is 11.4 Å². The molecule has 0 aliphatic heterocycles. The van der Waals surface area contributed by atoms with Crippen molar-refractivity contribution in [3.05, 3.63) is 23.5 Å². The highest BCUT2D eigenvalue weighted by Gasteiger charge is 2.01. The molecule has 0 bridgehead atoms. The van der Waals surface area contributed by atoms with Crippen LogP contribution in [0.25, 0.3) is 5.65 Å². The fraction of sp³-hybridized carbons (Fsp3) is 0.250. The Morgan fingerprint density at radius 3 is 2.69 bits per heavy atom. The van der Waals surface area contributed by atoms with Crippen molar-refractivity contribution < 1.29 is 0 Å². The van der Waals surface area contributed by atoms with E-state index >= 15 is 0 Å². The molecule has 13 heavy (non-hydrogen) atoms. The average Bonchev–Trinajstić information content (AvgIpc) is 2.29. The summed E-state index contributed by atoms with van der Waals surface area (Å²) in [4.78, 5) is 4.28. The average molecular weight is 199 g/mol. The summed E-state index contributed by atoms with van der Waals surface area (Å²) in [6, 6.07) is 3.74. The first-order chi connectivity index (χ1) is 5.66. The first-order valence-corrected chi connectivity index (χ1v) is 3.76. The van der Waals surface area contributed by atoms with Crippen molar-refractivity contribution >= 4 is 23.9 Å². The maximum absolute atomic E-state index is 5.54. The van der Waals surface area contributed by atoms with Gasteiger partial charge in [-0.15, -0.1) is 17.5 Å². The van der Waals surface area contributed by atoms with Crippen molar-refractivity contribution in [2.24, 2.45) is 0 Å². The van der Waals surface area contributed by atoms with Crippen LogP contribution in [0.3, 0.4) is 0 Å². The number of hydrogen-bond acceptors (Lipinski definition) is 3. The van der Waals surface area contributed by atoms with Crippen molar-refractivity contribution in [2.45, 2.75) is 13.8 Å². The molecule has 0 atom stereocenters. The van der Waals surface area contributed by atoms with E-state index in [2.05, 4.69) is 10.1 Å². The smallest absolute Gasteiger partial charge is 0.157 e. The molecule has 70 valence electrons. The zero-order chi connectivity index (χ0) is 8.72. The molecule has 0 unspecified atom stereocenters. The van der Waals surface area contributed by atoms with Crippen LogP contribution in [-0.4, -0.2) is 14.6 Å². The molecule has 0 saturated carbocycles. The Bertz CT molecular complexity index is 435. The van der Waals surface area contributed by atoms with Crippen molar-refractivity contribution in [2.75, 3.05) is 5.73 Å². The monoisotopic (exact) mass is 198 g/mol. The highest BCUT2D eigenvalue weighted by atomic mass is 35.5. The summed E-state index contributed by atoms with van der Waals surface area (Å²) in [6.07, 6.45) is 0. The number of nitrogens with zero attached hydrogens (tertiary/aromatic N) is 3. The lowest BCUT2D eigenvalue weighted by Crippen LogP contribution is -1.97. The third kappa shape index (κ3) is 1.58. The number of nitrogen functional groups attached to an aromatic ring is 1. The molecule has 2 aromatic rings. The normalized spacial score (nSPS) is 10.0. The topological polar surface area (TPSA) is 56.2 Å². The van der Waals surface area contributed by atoms with Crippen LogP contribution in [0.4, 0.5) is 5.82 Å². The number of fused-ring (bicyclic) bond motifs is 1. The minimum Gasteiger partial charge on any atom is -0.382 e. The Kier molecular flexibility index (Phi) is 2.43. The molecule has 0 saturated heterocycles. The van der Waals surface area contributed by atoms with Gasteiger partial charge in [0.15, 0.2) is 5.65 Å². The van der Waals surface area contributed by atoms with Gasteiger partial charge in [-0.25, -0.2) is 9.50 Å². The molecular weight excluding hydrogens is 188 g/mol. The third-order valence-electron chi connectivity index (χ3n) is 1.75. The Morgan fingerprint density at radius 1 is 1.31 bits per heavy atom. The predicted octanol–water partition coefficient (Wildman–Crippen LogP) is 1.35. The second-order valence-electron chi connectivity index (χ2n) is 2.88. The summed E-state index contributed by atoms with van der Waals surface area (Å²) in [7, 11) is 0. The number of anilines is 1. The summed E-state index contributed by atoms with van der Waals surface area (Å²) >= 11 is 0. The molecule has 5 heteroatoms. The molecule has 4 nitrogen and oxygen atoms in total. The summed E-state index contributed by atoms with van der Waals surface area (Å²) < 4.78 is 1.74. The lowest BCUT2D eigenvalue weighted by Gasteiger charge is -1.98. The number of rotatable bonds is 0. The Labute approximate surface area is 82.2 Å². The van der Waals surface area contributed by atoms with Gasteiger partial charge in [0, 0.05) is 17.5 Å². The molecule has 0 radical (unpaired) electrons. The van der Waals surface area contributed by atoms with Gasteiger partial charge in [0.05, 0.1) is 0 Å². The largest absolute Gasteiger partial charge is 0.382 e. The van der Waals surface area contributed by atoms with Crippen LogP contribution in [0.5, 0.6) is 0 Å². The van der Waals surface area contributed by atoms with Crippen LogP contribution in [0.15, 0.2) is 12.1 Å². The highest BCUT2D eigenvalue weighted by Crippen LogP contribution is 2.09. The molecule has 2 N–H and O–H groups in total. The molecule has 0 aromatic carbocycles. The van der Waals surface area contributed by atoms with Gasteiger partial charge in [-0.2, -0.15) is 0 Å². The van der Waals surface area contributed by atoms with E-state index < -0.39 is 0 Å². The molecule has 2 aromatic heterocycles. The maximum Gasteiger partial charge on any atom is 0.157 e. The van der Waals surface area contributed by atoms with E-state index in [0.29, 0.717) is 5.82 Å². The van der Waals surface area contributed by atoms with Crippen LogP contribution in [0, 0.1) is 13.8 Å². The van der Waals surface area contributed by atoms with Crippen molar-refractivity contribution in [3.63, 3.8) is 0 Å². The summed E-state index contributed by atoms with van der Waals surface area (Å²) in [6.45, 7) is 3.93. The quantitative estimate of drug-likeness (QED) is 0.695. The zero-order valence-electron chi connectivity index (χ0n) is 7.48. The number of aromatic nitrogens is 3. The predicted molar refractivity (Wildman–Crippen MR) is 54.1 cm³/mol. The molecule has 2 heterocycles. The van der Waals surface area contributed by atoms with Gasteiger partial charge in [-0.05, 0) is 19.9 Å². The number of halogens is 1. The minimum absolute atomic E-state index is 0. The van der Waals surface area contributed by atoms with Crippen LogP contribution in [0.2, 0.25) is 0 Å². The van der Waals surface area contributed by atoms with Crippen LogP contribution < -0.4 is 5.73 Å². The third-order valence-corrected chi connectivity index (χ3v) is 1.75. The molecule has 2 rings (SSSR count). The molecular formula is C8H11ClN4. The van der Waals surface area contributed by atoms with E-state index in [1.807, 2.05) is 19.9 Å². The van der Waals surface area contributed by atoms with Gasteiger partial charge in [0.25, 0.3) is 0 Å². The number of nitrogens with two attached hydrogens (primary N) is 1. The van der Waals surface area contributed by atoms with Gasteiger partial charge in [0.1, 0.15) is 5.82 Å². The summed E-state index contributed by atoms with van der Waals surface area (Å²) in [5.41, 5.74) is 8.38. The first-order valence-electron chi connectivity index (χ1n) is 3.76. The van der Waals surface area contributed by atoms with E-state index in [1.54, 1.807) is 10.6 Å². The summed E-state index contributed by atoms with van der Waals surface area (Å²) in [5.74, 6) is 0.510. The summed E-state index contributed by atoms with van der Waals surface area (Å²) in [5, 5.41) is 4.09. The van der Waals surface area contributed by atoms with E-state index in [0.717, 1.165) is 17.0 Å². The van der Waals surface area contributed by atoms with Gasteiger partial charge in [-0.1, -0.05) is 0 Å². The molecule has 0 aliphatic rings. The Balaban J connectivity index is 0.000000845. The van der Waals surface area contributed by atoms with Crippen molar-refractivity contribution in [3.8, 4) is 0 Å². The first kappa shape index (κ1) is 9.80. The molecule has 0 amide bonds.